The minimum Gasteiger partial charge on any atom is -0.497 e. The summed E-state index contributed by atoms with van der Waals surface area (Å²) in [5, 5.41) is 1.82. The number of benzene rings is 3. The van der Waals surface area contributed by atoms with Crippen molar-refractivity contribution in [3.63, 3.8) is 0 Å². The number of aryl methyl sites for hydroxylation is 1. The highest BCUT2D eigenvalue weighted by molar-refractivity contribution is 5.80. The fraction of sp³-hybridized carbons (Fsp3) is 0.136. The molecule has 0 radical (unpaired) electrons. The topological polar surface area (TPSA) is 41.6 Å². The van der Waals surface area contributed by atoms with Crippen LogP contribution in [-0.4, -0.2) is 13.0 Å². The molecule has 0 aliphatic rings. The van der Waals surface area contributed by atoms with Gasteiger partial charge in [0.15, 0.2) is 0 Å². The molecule has 0 heterocycles. The minimum atomic E-state index is -0.0338. The minimum absolute atomic E-state index is 0.0338. The summed E-state index contributed by atoms with van der Waals surface area (Å²) in [5.41, 5.74) is 5.94. The number of hydrogen-bond acceptors (Lipinski definition) is 3. The number of ether oxygens (including phenoxy) is 1. The van der Waals surface area contributed by atoms with Gasteiger partial charge in [-0.1, -0.05) is 48.5 Å². The lowest BCUT2D eigenvalue weighted by Crippen LogP contribution is -2.39. The number of nitrogens with one attached hydrogen (secondary N) is 1. The first-order valence-corrected chi connectivity index (χ1v) is 8.59. The quantitative estimate of drug-likeness (QED) is 0.641. The van der Waals surface area contributed by atoms with Crippen molar-refractivity contribution in [2.45, 2.75) is 12.8 Å². The van der Waals surface area contributed by atoms with Crippen molar-refractivity contribution in [3.8, 4) is 5.75 Å². The summed E-state index contributed by atoms with van der Waals surface area (Å²) in [6.07, 6.45) is 1.08. The third kappa shape index (κ3) is 4.63. The highest BCUT2D eigenvalue weighted by Gasteiger charge is 2.12. The lowest BCUT2D eigenvalue weighted by atomic mass is 10.1. The van der Waals surface area contributed by atoms with E-state index in [1.54, 1.807) is 7.11 Å². The fourth-order valence-electron chi connectivity index (χ4n) is 2.66. The molecule has 3 rings (SSSR count). The van der Waals surface area contributed by atoms with Crippen LogP contribution in [0.3, 0.4) is 0 Å². The molecular formula is C22H22N2O2. The Hall–Kier alpha value is -3.27. The second-order valence-electron chi connectivity index (χ2n) is 5.89. The largest absolute Gasteiger partial charge is 0.497 e. The van der Waals surface area contributed by atoms with Crippen molar-refractivity contribution in [1.29, 1.82) is 0 Å². The average Bonchev–Trinajstić information content (AvgIpc) is 2.72. The summed E-state index contributed by atoms with van der Waals surface area (Å²) >= 11 is 0. The monoisotopic (exact) mass is 346 g/mol. The van der Waals surface area contributed by atoms with Crippen molar-refractivity contribution in [2.75, 3.05) is 12.1 Å². The number of anilines is 2. The van der Waals surface area contributed by atoms with E-state index in [0.717, 1.165) is 22.7 Å². The molecule has 3 aromatic carbocycles. The van der Waals surface area contributed by atoms with Gasteiger partial charge in [-0.3, -0.25) is 15.2 Å². The van der Waals surface area contributed by atoms with Gasteiger partial charge in [-0.15, -0.1) is 0 Å². The molecule has 132 valence electrons. The van der Waals surface area contributed by atoms with E-state index >= 15 is 0 Å². The second kappa shape index (κ2) is 8.72. The maximum atomic E-state index is 12.5. The molecule has 1 amide bonds. The van der Waals surface area contributed by atoms with E-state index in [1.807, 2.05) is 89.9 Å². The Morgan fingerprint density at radius 1 is 0.846 bits per heavy atom. The van der Waals surface area contributed by atoms with Gasteiger partial charge >= 0.3 is 0 Å². The highest BCUT2D eigenvalue weighted by atomic mass is 16.5. The van der Waals surface area contributed by atoms with Crippen LogP contribution in [0.15, 0.2) is 84.9 Å². The predicted octanol–water partition coefficient (Wildman–Crippen LogP) is 4.50. The SMILES string of the molecule is COc1ccc(CCC(=O)NN(c2ccccc2)c2ccccc2)cc1. The Labute approximate surface area is 154 Å². The van der Waals surface area contributed by atoms with E-state index in [-0.39, 0.29) is 5.91 Å². The maximum absolute atomic E-state index is 12.5. The third-order valence-corrected chi connectivity index (χ3v) is 4.07. The summed E-state index contributed by atoms with van der Waals surface area (Å²) in [6, 6.07) is 27.4. The molecule has 0 aliphatic heterocycles. The highest BCUT2D eigenvalue weighted by Crippen LogP contribution is 2.22. The number of para-hydroxylation sites is 2. The summed E-state index contributed by atoms with van der Waals surface area (Å²) < 4.78 is 5.16. The molecule has 0 bridgehead atoms. The Kier molecular flexibility index (Phi) is 5.88. The number of nitrogens with zero attached hydrogens (tertiary/aromatic N) is 1. The zero-order valence-corrected chi connectivity index (χ0v) is 14.8. The summed E-state index contributed by atoms with van der Waals surface area (Å²) in [4.78, 5) is 12.5. The molecule has 0 saturated carbocycles. The van der Waals surface area contributed by atoms with Gasteiger partial charge in [-0.2, -0.15) is 0 Å². The van der Waals surface area contributed by atoms with Crippen LogP contribution in [0.4, 0.5) is 11.4 Å². The lowest BCUT2D eigenvalue weighted by molar-refractivity contribution is -0.121. The smallest absolute Gasteiger partial charge is 0.239 e. The van der Waals surface area contributed by atoms with Gasteiger partial charge < -0.3 is 4.74 Å². The number of carbonyl (C=O) groups is 1. The Bertz CT molecular complexity index is 778. The van der Waals surface area contributed by atoms with Crippen molar-refractivity contribution in [3.05, 3.63) is 90.5 Å². The maximum Gasteiger partial charge on any atom is 0.239 e. The van der Waals surface area contributed by atoms with Gasteiger partial charge in [-0.05, 0) is 48.4 Å². The molecule has 0 aromatic heterocycles. The Morgan fingerprint density at radius 2 is 1.38 bits per heavy atom. The number of amides is 1. The molecule has 0 saturated heterocycles. The zero-order chi connectivity index (χ0) is 18.2. The average molecular weight is 346 g/mol. The first-order valence-electron chi connectivity index (χ1n) is 8.59. The normalized spacial score (nSPS) is 10.2. The molecule has 3 aromatic rings. The number of hydrogen-bond donors (Lipinski definition) is 1. The Balaban J connectivity index is 1.67. The standard InChI is InChI=1S/C22H22N2O2/c1-26-21-15-12-18(13-16-21)14-17-22(25)23-24(19-8-4-2-5-9-19)20-10-6-3-7-11-20/h2-13,15-16H,14,17H2,1H3,(H,23,25). The van der Waals surface area contributed by atoms with Crippen molar-refractivity contribution >= 4 is 17.3 Å². The molecule has 0 unspecified atom stereocenters. The molecule has 0 aliphatic carbocycles. The molecule has 4 nitrogen and oxygen atoms in total. The molecule has 0 atom stereocenters. The van der Waals surface area contributed by atoms with E-state index < -0.39 is 0 Å². The van der Waals surface area contributed by atoms with E-state index in [0.29, 0.717) is 12.8 Å². The van der Waals surface area contributed by atoms with E-state index in [9.17, 15) is 4.79 Å². The van der Waals surface area contributed by atoms with Gasteiger partial charge in [0.1, 0.15) is 5.75 Å². The van der Waals surface area contributed by atoms with E-state index in [2.05, 4.69) is 5.43 Å². The van der Waals surface area contributed by atoms with Gasteiger partial charge in [0.05, 0.1) is 18.5 Å². The number of rotatable bonds is 7. The van der Waals surface area contributed by atoms with Crippen LogP contribution in [0.5, 0.6) is 5.75 Å². The number of hydrazine groups is 1. The van der Waals surface area contributed by atoms with Gasteiger partial charge in [0.25, 0.3) is 0 Å². The summed E-state index contributed by atoms with van der Waals surface area (Å²) in [5.74, 6) is 0.783. The molecule has 1 N–H and O–H groups in total. The van der Waals surface area contributed by atoms with Gasteiger partial charge in [0.2, 0.25) is 5.91 Å². The first-order chi connectivity index (χ1) is 12.8. The van der Waals surface area contributed by atoms with Crippen LogP contribution in [-0.2, 0) is 11.2 Å². The van der Waals surface area contributed by atoms with Crippen molar-refractivity contribution in [2.24, 2.45) is 0 Å². The predicted molar refractivity (Wildman–Crippen MR) is 104 cm³/mol. The molecule has 0 fully saturated rings. The van der Waals surface area contributed by atoms with Crippen LogP contribution in [0.2, 0.25) is 0 Å². The first kappa shape index (κ1) is 17.5. The zero-order valence-electron chi connectivity index (χ0n) is 14.8. The van der Waals surface area contributed by atoms with Crippen LogP contribution < -0.4 is 15.2 Å². The van der Waals surface area contributed by atoms with E-state index in [1.165, 1.54) is 0 Å². The Morgan fingerprint density at radius 3 is 1.88 bits per heavy atom. The lowest BCUT2D eigenvalue weighted by Gasteiger charge is -2.25. The number of carbonyl (C=O) groups excluding carboxylic acids is 1. The van der Waals surface area contributed by atoms with Crippen LogP contribution >= 0.6 is 0 Å². The summed E-state index contributed by atoms with van der Waals surface area (Å²) in [7, 11) is 1.64. The van der Waals surface area contributed by atoms with Gasteiger partial charge in [-0.25, -0.2) is 0 Å². The van der Waals surface area contributed by atoms with Crippen LogP contribution in [0, 0.1) is 0 Å². The molecule has 26 heavy (non-hydrogen) atoms. The second-order valence-corrected chi connectivity index (χ2v) is 5.89. The fourth-order valence-corrected chi connectivity index (χ4v) is 2.66. The molecule has 4 heteroatoms. The third-order valence-electron chi connectivity index (χ3n) is 4.07. The van der Waals surface area contributed by atoms with Gasteiger partial charge in [0, 0.05) is 6.42 Å². The van der Waals surface area contributed by atoms with Crippen LogP contribution in [0.25, 0.3) is 0 Å². The molecule has 0 spiro atoms. The van der Waals surface area contributed by atoms with E-state index in [4.69, 9.17) is 4.74 Å². The summed E-state index contributed by atoms with van der Waals surface area (Å²) in [6.45, 7) is 0. The molecular weight excluding hydrogens is 324 g/mol. The van der Waals surface area contributed by atoms with Crippen molar-refractivity contribution < 1.29 is 9.53 Å². The van der Waals surface area contributed by atoms with Crippen LogP contribution in [0.1, 0.15) is 12.0 Å². The van der Waals surface area contributed by atoms with Crippen molar-refractivity contribution in [1.82, 2.24) is 5.43 Å². The number of methoxy groups -OCH3 is 1.